The van der Waals surface area contributed by atoms with E-state index >= 15 is 0 Å². The highest BCUT2D eigenvalue weighted by Crippen LogP contribution is 2.33. The molecule has 0 spiro atoms. The van der Waals surface area contributed by atoms with Gasteiger partial charge in [-0.15, -0.1) is 0 Å². The quantitative estimate of drug-likeness (QED) is 0.763. The van der Waals surface area contributed by atoms with Gasteiger partial charge in [-0.2, -0.15) is 0 Å². The molecule has 1 heterocycles. The van der Waals surface area contributed by atoms with Crippen molar-refractivity contribution in [2.24, 2.45) is 0 Å². The Hall–Kier alpha value is -2.22. The van der Waals surface area contributed by atoms with Crippen LogP contribution in [0, 0.1) is 6.92 Å². The fourth-order valence-corrected chi connectivity index (χ4v) is 2.27. The molecule has 0 saturated heterocycles. The SMILES string of the molecule is Cc1ccc(/C=C2\CN(C)c3ccccc3O2)cc1. The third kappa shape index (κ3) is 2.48. The number of fused-ring (bicyclic) bond motifs is 1. The Morgan fingerprint density at radius 1 is 1.05 bits per heavy atom. The Balaban J connectivity index is 1.90. The van der Waals surface area contributed by atoms with Gasteiger partial charge in [-0.3, -0.25) is 0 Å². The number of likely N-dealkylation sites (N-methyl/N-ethyl adjacent to an activating group) is 1. The third-order valence-electron chi connectivity index (χ3n) is 3.32. The first-order valence-corrected chi connectivity index (χ1v) is 6.47. The molecule has 0 aromatic heterocycles. The van der Waals surface area contributed by atoms with Gasteiger partial charge >= 0.3 is 0 Å². The molecule has 19 heavy (non-hydrogen) atoms. The summed E-state index contributed by atoms with van der Waals surface area (Å²) in [6.07, 6.45) is 2.10. The fraction of sp³-hybridized carbons (Fsp3) is 0.176. The lowest BCUT2D eigenvalue weighted by Crippen LogP contribution is -2.27. The molecule has 1 aliphatic rings. The van der Waals surface area contributed by atoms with Crippen LogP contribution in [0.15, 0.2) is 54.3 Å². The smallest absolute Gasteiger partial charge is 0.150 e. The number of nitrogens with zero attached hydrogens (tertiary/aromatic N) is 1. The Kier molecular flexibility index (Phi) is 3.00. The summed E-state index contributed by atoms with van der Waals surface area (Å²) in [5.74, 6) is 1.90. The zero-order chi connectivity index (χ0) is 13.2. The van der Waals surface area contributed by atoms with Crippen LogP contribution in [-0.2, 0) is 0 Å². The van der Waals surface area contributed by atoms with Gasteiger partial charge in [-0.25, -0.2) is 0 Å². The molecule has 2 heteroatoms. The second-order valence-corrected chi connectivity index (χ2v) is 4.95. The minimum atomic E-state index is 0.797. The number of para-hydroxylation sites is 2. The first kappa shape index (κ1) is 11.8. The van der Waals surface area contributed by atoms with Crippen LogP contribution in [0.2, 0.25) is 0 Å². The van der Waals surface area contributed by atoms with E-state index in [0.29, 0.717) is 0 Å². The maximum absolute atomic E-state index is 5.96. The van der Waals surface area contributed by atoms with Crippen LogP contribution in [0.25, 0.3) is 6.08 Å². The standard InChI is InChI=1S/C17H17NO/c1-13-7-9-14(10-8-13)11-15-12-18(2)16-5-3-4-6-17(16)19-15/h3-11H,12H2,1-2H3/b15-11+. The van der Waals surface area contributed by atoms with Gasteiger partial charge in [0, 0.05) is 7.05 Å². The Bertz CT molecular complexity index is 613. The summed E-state index contributed by atoms with van der Waals surface area (Å²) in [6.45, 7) is 2.89. The lowest BCUT2D eigenvalue weighted by Gasteiger charge is -2.29. The van der Waals surface area contributed by atoms with Crippen molar-refractivity contribution in [2.45, 2.75) is 6.92 Å². The molecule has 3 rings (SSSR count). The highest BCUT2D eigenvalue weighted by Gasteiger charge is 2.17. The predicted octanol–water partition coefficient (Wildman–Crippen LogP) is 3.86. The first-order chi connectivity index (χ1) is 9.22. The zero-order valence-electron chi connectivity index (χ0n) is 11.3. The van der Waals surface area contributed by atoms with E-state index in [1.54, 1.807) is 0 Å². The van der Waals surface area contributed by atoms with Crippen molar-refractivity contribution < 1.29 is 4.74 Å². The van der Waals surface area contributed by atoms with Crippen LogP contribution in [0.1, 0.15) is 11.1 Å². The van der Waals surface area contributed by atoms with Crippen LogP contribution in [0.5, 0.6) is 5.75 Å². The summed E-state index contributed by atoms with van der Waals surface area (Å²) in [4.78, 5) is 2.21. The van der Waals surface area contributed by atoms with Crippen molar-refractivity contribution in [1.29, 1.82) is 0 Å². The van der Waals surface area contributed by atoms with Crippen LogP contribution in [0.4, 0.5) is 5.69 Å². The van der Waals surface area contributed by atoms with Gasteiger partial charge in [-0.1, -0.05) is 42.0 Å². The fourth-order valence-electron chi connectivity index (χ4n) is 2.27. The Labute approximate surface area is 113 Å². The zero-order valence-corrected chi connectivity index (χ0v) is 11.3. The van der Waals surface area contributed by atoms with Crippen LogP contribution < -0.4 is 9.64 Å². The van der Waals surface area contributed by atoms with Crippen molar-refractivity contribution in [1.82, 2.24) is 0 Å². The van der Waals surface area contributed by atoms with Crippen LogP contribution >= 0.6 is 0 Å². The summed E-state index contributed by atoms with van der Waals surface area (Å²) in [6, 6.07) is 16.6. The number of benzene rings is 2. The molecule has 0 amide bonds. The maximum Gasteiger partial charge on any atom is 0.150 e. The minimum Gasteiger partial charge on any atom is -0.458 e. The highest BCUT2D eigenvalue weighted by atomic mass is 16.5. The van der Waals surface area contributed by atoms with Gasteiger partial charge in [-0.05, 0) is 30.7 Å². The molecule has 0 fully saturated rings. The van der Waals surface area contributed by atoms with Gasteiger partial charge < -0.3 is 9.64 Å². The molecular weight excluding hydrogens is 234 g/mol. The molecule has 0 aliphatic carbocycles. The van der Waals surface area contributed by atoms with Crippen molar-refractivity contribution in [2.75, 3.05) is 18.5 Å². The van der Waals surface area contributed by atoms with Crippen molar-refractivity contribution in [3.63, 3.8) is 0 Å². The van der Waals surface area contributed by atoms with E-state index in [1.165, 1.54) is 11.1 Å². The van der Waals surface area contributed by atoms with Crippen molar-refractivity contribution in [3.8, 4) is 5.75 Å². The molecule has 0 saturated carbocycles. The molecule has 2 aromatic rings. The molecule has 0 N–H and O–H groups in total. The minimum absolute atomic E-state index is 0.797. The van der Waals surface area contributed by atoms with Gasteiger partial charge in [0.1, 0.15) is 11.5 Å². The number of rotatable bonds is 1. The van der Waals surface area contributed by atoms with Crippen molar-refractivity contribution in [3.05, 3.63) is 65.4 Å². The van der Waals surface area contributed by atoms with Crippen LogP contribution in [0.3, 0.4) is 0 Å². The molecule has 0 bridgehead atoms. The van der Waals surface area contributed by atoms with E-state index in [4.69, 9.17) is 4.74 Å². The van der Waals surface area contributed by atoms with Gasteiger partial charge in [0.2, 0.25) is 0 Å². The average molecular weight is 251 g/mol. The molecular formula is C17H17NO. The number of ether oxygens (including phenoxy) is 1. The molecule has 0 unspecified atom stereocenters. The lowest BCUT2D eigenvalue weighted by molar-refractivity contribution is 0.405. The van der Waals surface area contributed by atoms with E-state index < -0.39 is 0 Å². The second-order valence-electron chi connectivity index (χ2n) is 4.95. The Morgan fingerprint density at radius 3 is 2.58 bits per heavy atom. The van der Waals surface area contributed by atoms with E-state index in [1.807, 2.05) is 18.2 Å². The highest BCUT2D eigenvalue weighted by molar-refractivity contribution is 5.64. The summed E-state index contributed by atoms with van der Waals surface area (Å²) in [5.41, 5.74) is 3.59. The van der Waals surface area contributed by atoms with Gasteiger partial charge in [0.25, 0.3) is 0 Å². The average Bonchev–Trinajstić information content (AvgIpc) is 2.42. The van der Waals surface area contributed by atoms with Gasteiger partial charge in [0.05, 0.1) is 12.2 Å². The summed E-state index contributed by atoms with van der Waals surface area (Å²) in [5, 5.41) is 0. The lowest BCUT2D eigenvalue weighted by atomic mass is 10.1. The largest absolute Gasteiger partial charge is 0.458 e. The predicted molar refractivity (Wildman–Crippen MR) is 79.5 cm³/mol. The number of hydrogen-bond donors (Lipinski definition) is 0. The number of hydrogen-bond acceptors (Lipinski definition) is 2. The molecule has 0 radical (unpaired) electrons. The molecule has 2 nitrogen and oxygen atoms in total. The topological polar surface area (TPSA) is 12.5 Å². The third-order valence-corrected chi connectivity index (χ3v) is 3.32. The summed E-state index contributed by atoms with van der Waals surface area (Å²) in [7, 11) is 2.09. The summed E-state index contributed by atoms with van der Waals surface area (Å²) < 4.78 is 5.96. The van der Waals surface area contributed by atoms with E-state index in [9.17, 15) is 0 Å². The number of anilines is 1. The number of aryl methyl sites for hydroxylation is 1. The monoisotopic (exact) mass is 251 g/mol. The van der Waals surface area contributed by atoms with E-state index in [-0.39, 0.29) is 0 Å². The maximum atomic E-state index is 5.96. The van der Waals surface area contributed by atoms with Crippen LogP contribution in [-0.4, -0.2) is 13.6 Å². The summed E-state index contributed by atoms with van der Waals surface area (Å²) >= 11 is 0. The molecule has 96 valence electrons. The van der Waals surface area contributed by atoms with Crippen molar-refractivity contribution >= 4 is 11.8 Å². The Morgan fingerprint density at radius 2 is 1.79 bits per heavy atom. The molecule has 0 atom stereocenters. The second kappa shape index (κ2) is 4.81. The normalized spacial score (nSPS) is 16.1. The van der Waals surface area contributed by atoms with E-state index in [2.05, 4.69) is 55.3 Å². The molecule has 2 aromatic carbocycles. The van der Waals surface area contributed by atoms with Gasteiger partial charge in [0.15, 0.2) is 0 Å². The van der Waals surface area contributed by atoms with E-state index in [0.717, 1.165) is 23.7 Å². The molecule has 1 aliphatic heterocycles. The first-order valence-electron chi connectivity index (χ1n) is 6.47.